The molecule has 0 amide bonds. The molecular formula is C22H16BrN3OS. The Labute approximate surface area is 175 Å². The molecule has 4 aromatic rings. The quantitative estimate of drug-likeness (QED) is 0.391. The second-order valence-corrected chi connectivity index (χ2v) is 8.14. The van der Waals surface area contributed by atoms with E-state index < -0.39 is 0 Å². The van der Waals surface area contributed by atoms with Crippen molar-refractivity contribution in [1.29, 1.82) is 0 Å². The standard InChI is InChI=1S/C22H16BrN3OS/c1-15-21(28-19-11-9-18(23)10-12-19)20(16-6-3-2-4-7-16)26(25-15)22(27)17-8-5-13-24-14-17/h2-14H,1H3. The third-order valence-corrected chi connectivity index (χ3v) is 5.92. The summed E-state index contributed by atoms with van der Waals surface area (Å²) in [7, 11) is 0. The highest BCUT2D eigenvalue weighted by Gasteiger charge is 2.23. The molecule has 0 aliphatic rings. The van der Waals surface area contributed by atoms with Crippen molar-refractivity contribution in [2.24, 2.45) is 0 Å². The minimum absolute atomic E-state index is 0.197. The number of carbonyl (C=O) groups is 1. The summed E-state index contributed by atoms with van der Waals surface area (Å²) < 4.78 is 2.52. The Balaban J connectivity index is 1.85. The molecule has 138 valence electrons. The maximum absolute atomic E-state index is 13.1. The SMILES string of the molecule is Cc1nn(C(=O)c2cccnc2)c(-c2ccccc2)c1Sc1ccc(Br)cc1. The summed E-state index contributed by atoms with van der Waals surface area (Å²) >= 11 is 5.08. The first-order chi connectivity index (χ1) is 13.6. The van der Waals surface area contributed by atoms with E-state index in [1.807, 2.05) is 61.5 Å². The van der Waals surface area contributed by atoms with Gasteiger partial charge in [-0.15, -0.1) is 0 Å². The number of hydrogen-bond acceptors (Lipinski definition) is 4. The van der Waals surface area contributed by atoms with Gasteiger partial charge in [0.05, 0.1) is 21.8 Å². The zero-order valence-electron chi connectivity index (χ0n) is 15.0. The fraction of sp³-hybridized carbons (Fsp3) is 0.0455. The van der Waals surface area contributed by atoms with Gasteiger partial charge >= 0.3 is 0 Å². The van der Waals surface area contributed by atoms with Crippen molar-refractivity contribution in [3.8, 4) is 11.3 Å². The second kappa shape index (κ2) is 8.12. The van der Waals surface area contributed by atoms with Gasteiger partial charge in [-0.2, -0.15) is 9.78 Å². The van der Waals surface area contributed by atoms with Crippen LogP contribution >= 0.6 is 27.7 Å². The molecule has 0 bridgehead atoms. The van der Waals surface area contributed by atoms with Crippen molar-refractivity contribution in [3.05, 3.63) is 94.9 Å². The Kier molecular flexibility index (Phi) is 5.41. The number of aryl methyl sites for hydroxylation is 1. The van der Waals surface area contributed by atoms with Crippen molar-refractivity contribution >= 4 is 33.6 Å². The number of aromatic nitrogens is 3. The predicted octanol–water partition coefficient (Wildman–Crippen LogP) is 5.86. The fourth-order valence-corrected chi connectivity index (χ4v) is 4.13. The monoisotopic (exact) mass is 449 g/mol. The first-order valence-electron chi connectivity index (χ1n) is 8.66. The van der Waals surface area contributed by atoms with Crippen molar-refractivity contribution in [1.82, 2.24) is 14.8 Å². The summed E-state index contributed by atoms with van der Waals surface area (Å²) in [4.78, 5) is 19.3. The average molecular weight is 450 g/mol. The molecule has 0 aliphatic heterocycles. The third-order valence-electron chi connectivity index (χ3n) is 4.19. The minimum Gasteiger partial charge on any atom is -0.267 e. The Morgan fingerprint density at radius 3 is 2.43 bits per heavy atom. The van der Waals surface area contributed by atoms with Gasteiger partial charge in [0.15, 0.2) is 0 Å². The van der Waals surface area contributed by atoms with Crippen molar-refractivity contribution in [2.45, 2.75) is 16.7 Å². The molecule has 0 N–H and O–H groups in total. The van der Waals surface area contributed by atoms with Gasteiger partial charge in [0.2, 0.25) is 0 Å². The summed E-state index contributed by atoms with van der Waals surface area (Å²) in [5, 5.41) is 4.59. The Bertz CT molecular complexity index is 1110. The van der Waals surface area contributed by atoms with Crippen LogP contribution in [0.3, 0.4) is 0 Å². The summed E-state index contributed by atoms with van der Waals surface area (Å²) in [5.74, 6) is -0.197. The third kappa shape index (κ3) is 3.79. The fourth-order valence-electron chi connectivity index (χ4n) is 2.86. The molecule has 0 aliphatic carbocycles. The first kappa shape index (κ1) is 18.7. The normalized spacial score (nSPS) is 10.8. The summed E-state index contributed by atoms with van der Waals surface area (Å²) in [6, 6.07) is 21.5. The first-order valence-corrected chi connectivity index (χ1v) is 10.3. The van der Waals surface area contributed by atoms with Crippen LogP contribution in [0.15, 0.2) is 93.4 Å². The summed E-state index contributed by atoms with van der Waals surface area (Å²) in [6.07, 6.45) is 3.22. The molecule has 0 saturated heterocycles. The molecule has 2 heterocycles. The summed E-state index contributed by atoms with van der Waals surface area (Å²) in [6.45, 7) is 1.93. The lowest BCUT2D eigenvalue weighted by Gasteiger charge is -2.09. The molecule has 4 nitrogen and oxygen atoms in total. The van der Waals surface area contributed by atoms with Crippen LogP contribution in [0.5, 0.6) is 0 Å². The van der Waals surface area contributed by atoms with Crippen molar-refractivity contribution < 1.29 is 4.79 Å². The number of carbonyl (C=O) groups excluding carboxylic acids is 1. The van der Waals surface area contributed by atoms with E-state index in [0.717, 1.165) is 31.2 Å². The molecule has 4 rings (SSSR count). The molecule has 0 saturated carbocycles. The van der Waals surface area contributed by atoms with Gasteiger partial charge in [-0.3, -0.25) is 9.78 Å². The Hall–Kier alpha value is -2.70. The number of halogens is 1. The van der Waals surface area contributed by atoms with Gasteiger partial charge < -0.3 is 0 Å². The number of hydrogen-bond donors (Lipinski definition) is 0. The number of pyridine rings is 1. The second-order valence-electron chi connectivity index (χ2n) is 6.14. The highest BCUT2D eigenvalue weighted by Crippen LogP contribution is 2.39. The number of rotatable bonds is 4. The highest BCUT2D eigenvalue weighted by atomic mass is 79.9. The average Bonchev–Trinajstić information content (AvgIpc) is 3.06. The van der Waals surface area contributed by atoms with E-state index >= 15 is 0 Å². The van der Waals surface area contributed by atoms with E-state index in [1.54, 1.807) is 36.3 Å². The highest BCUT2D eigenvalue weighted by molar-refractivity contribution is 9.10. The van der Waals surface area contributed by atoms with Crippen LogP contribution in [-0.4, -0.2) is 20.7 Å². The molecule has 0 spiro atoms. The lowest BCUT2D eigenvalue weighted by Crippen LogP contribution is -2.15. The predicted molar refractivity (Wildman–Crippen MR) is 115 cm³/mol. The van der Waals surface area contributed by atoms with Crippen molar-refractivity contribution in [2.75, 3.05) is 0 Å². The molecule has 0 atom stereocenters. The van der Waals surface area contributed by atoms with E-state index in [1.165, 1.54) is 4.68 Å². The smallest absolute Gasteiger partial charge is 0.267 e. The molecule has 2 aromatic carbocycles. The minimum atomic E-state index is -0.197. The van der Waals surface area contributed by atoms with Crippen LogP contribution in [0.2, 0.25) is 0 Å². The molecule has 0 radical (unpaired) electrons. The van der Waals surface area contributed by atoms with E-state index in [9.17, 15) is 4.79 Å². The van der Waals surface area contributed by atoms with Gasteiger partial charge in [0.1, 0.15) is 0 Å². The molecule has 28 heavy (non-hydrogen) atoms. The number of benzene rings is 2. The molecule has 6 heteroatoms. The van der Waals surface area contributed by atoms with Gasteiger partial charge in [0.25, 0.3) is 5.91 Å². The van der Waals surface area contributed by atoms with Crippen LogP contribution in [0.4, 0.5) is 0 Å². The lowest BCUT2D eigenvalue weighted by molar-refractivity contribution is 0.0946. The van der Waals surface area contributed by atoms with E-state index in [4.69, 9.17) is 0 Å². The maximum atomic E-state index is 13.1. The largest absolute Gasteiger partial charge is 0.280 e. The topological polar surface area (TPSA) is 47.8 Å². The van der Waals surface area contributed by atoms with Crippen LogP contribution in [-0.2, 0) is 0 Å². The van der Waals surface area contributed by atoms with Crippen LogP contribution in [0, 0.1) is 6.92 Å². The Morgan fingerprint density at radius 1 is 1.00 bits per heavy atom. The Morgan fingerprint density at radius 2 is 1.75 bits per heavy atom. The van der Waals surface area contributed by atoms with Gasteiger partial charge in [-0.05, 0) is 43.3 Å². The van der Waals surface area contributed by atoms with Crippen molar-refractivity contribution in [3.63, 3.8) is 0 Å². The zero-order chi connectivity index (χ0) is 19.5. The number of nitrogens with zero attached hydrogens (tertiary/aromatic N) is 3. The molecule has 0 unspecified atom stereocenters. The lowest BCUT2D eigenvalue weighted by atomic mass is 10.1. The molecule has 2 aromatic heterocycles. The van der Waals surface area contributed by atoms with E-state index in [2.05, 4.69) is 26.0 Å². The maximum Gasteiger partial charge on any atom is 0.280 e. The molecular weight excluding hydrogens is 434 g/mol. The van der Waals surface area contributed by atoms with Crippen LogP contribution in [0.25, 0.3) is 11.3 Å². The van der Waals surface area contributed by atoms with Gasteiger partial charge in [0, 0.05) is 27.3 Å². The molecule has 0 fully saturated rings. The van der Waals surface area contributed by atoms with E-state index in [0.29, 0.717) is 5.56 Å². The van der Waals surface area contributed by atoms with Gasteiger partial charge in [-0.1, -0.05) is 58.0 Å². The zero-order valence-corrected chi connectivity index (χ0v) is 17.4. The van der Waals surface area contributed by atoms with Gasteiger partial charge in [-0.25, -0.2) is 0 Å². The summed E-state index contributed by atoms with van der Waals surface area (Å²) in [5.41, 5.74) is 3.05. The van der Waals surface area contributed by atoms with E-state index in [-0.39, 0.29) is 5.91 Å². The van der Waals surface area contributed by atoms with Crippen LogP contribution in [0.1, 0.15) is 16.1 Å². The van der Waals surface area contributed by atoms with Crippen LogP contribution < -0.4 is 0 Å².